The van der Waals surface area contributed by atoms with Crippen molar-refractivity contribution in [3.8, 4) is 5.75 Å². The lowest BCUT2D eigenvalue weighted by Crippen LogP contribution is -2.52. The van der Waals surface area contributed by atoms with Crippen molar-refractivity contribution in [2.24, 2.45) is 22.2 Å². The highest BCUT2D eigenvalue weighted by molar-refractivity contribution is 6.16. The number of amides is 2. The molecule has 0 bridgehead atoms. The molecule has 1 heterocycles. The average molecular weight is 484 g/mol. The third kappa shape index (κ3) is 5.80. The molecule has 1 aliphatic rings. The van der Waals surface area contributed by atoms with Crippen molar-refractivity contribution in [2.45, 2.75) is 37.8 Å². The molecule has 2 atom stereocenters. The normalized spacial score (nSPS) is 16.1. The molecule has 9 N–H and O–H groups in total. The predicted octanol–water partition coefficient (Wildman–Crippen LogP) is 0.101. The van der Waals surface area contributed by atoms with Gasteiger partial charge in [0.05, 0.1) is 25.3 Å². The summed E-state index contributed by atoms with van der Waals surface area (Å²) >= 11 is 0. The third-order valence-electron chi connectivity index (χ3n) is 6.13. The van der Waals surface area contributed by atoms with E-state index in [2.05, 4.69) is 10.3 Å². The number of carbonyl (C=O) groups is 3. The van der Waals surface area contributed by atoms with Crippen LogP contribution in [0.4, 0.5) is 5.69 Å². The van der Waals surface area contributed by atoms with Crippen LogP contribution in [0.3, 0.4) is 0 Å². The van der Waals surface area contributed by atoms with Crippen LogP contribution < -0.4 is 33.0 Å². The molecule has 0 aromatic heterocycles. The van der Waals surface area contributed by atoms with E-state index in [1.807, 2.05) is 12.1 Å². The molecule has 0 saturated carbocycles. The van der Waals surface area contributed by atoms with Gasteiger partial charge in [0.25, 0.3) is 0 Å². The van der Waals surface area contributed by atoms with Crippen LogP contribution in [0.2, 0.25) is 0 Å². The molecule has 0 aliphatic carbocycles. The number of anilines is 1. The standard InChI is InChI=1S/C24H33N7O4/c1-35-19-12-16(26)21(15-7-3-2-6-14(15)19)22(33)17(8-4-10-29-24(27)28)30-23(34)18-9-5-11-31(18)20(32)13-25/h2-3,6-7,12,17-18H,4-5,8-11,13,25-26H2,1H3,(H,30,34)(H4,27,28,29)/t17-,18-/m0/s1. The van der Waals surface area contributed by atoms with Gasteiger partial charge in [0.15, 0.2) is 11.7 Å². The predicted molar refractivity (Wildman–Crippen MR) is 135 cm³/mol. The molecule has 11 heteroatoms. The van der Waals surface area contributed by atoms with Crippen molar-refractivity contribution >= 4 is 40.0 Å². The number of fused-ring (bicyclic) bond motifs is 1. The number of carbonyl (C=O) groups excluding carboxylic acids is 3. The van der Waals surface area contributed by atoms with E-state index in [1.165, 1.54) is 12.0 Å². The first-order chi connectivity index (χ1) is 16.8. The third-order valence-corrected chi connectivity index (χ3v) is 6.13. The van der Waals surface area contributed by atoms with Crippen molar-refractivity contribution in [3.05, 3.63) is 35.9 Å². The van der Waals surface area contributed by atoms with Crippen molar-refractivity contribution in [2.75, 3.05) is 32.5 Å². The Morgan fingerprint density at radius 2 is 1.94 bits per heavy atom. The van der Waals surface area contributed by atoms with Crippen LogP contribution >= 0.6 is 0 Å². The fourth-order valence-corrected chi connectivity index (χ4v) is 4.48. The van der Waals surface area contributed by atoms with E-state index in [0.29, 0.717) is 49.1 Å². The summed E-state index contributed by atoms with van der Waals surface area (Å²) in [4.78, 5) is 44.6. The number of hydrogen-bond acceptors (Lipinski definition) is 7. The second kappa shape index (κ2) is 11.5. The summed E-state index contributed by atoms with van der Waals surface area (Å²) in [7, 11) is 1.53. The summed E-state index contributed by atoms with van der Waals surface area (Å²) in [5.41, 5.74) is 23.2. The molecular weight excluding hydrogens is 450 g/mol. The van der Waals surface area contributed by atoms with Crippen molar-refractivity contribution < 1.29 is 19.1 Å². The van der Waals surface area contributed by atoms with Crippen LogP contribution in [-0.4, -0.2) is 67.3 Å². The number of methoxy groups -OCH3 is 1. The molecule has 11 nitrogen and oxygen atoms in total. The Balaban J connectivity index is 1.93. The van der Waals surface area contributed by atoms with Gasteiger partial charge in [-0.3, -0.25) is 19.4 Å². The number of nitrogens with zero attached hydrogens (tertiary/aromatic N) is 2. The van der Waals surface area contributed by atoms with E-state index >= 15 is 0 Å². The lowest BCUT2D eigenvalue weighted by Gasteiger charge is -2.26. The second-order valence-electron chi connectivity index (χ2n) is 8.41. The minimum Gasteiger partial charge on any atom is -0.496 e. The van der Waals surface area contributed by atoms with Crippen LogP contribution in [0.15, 0.2) is 35.3 Å². The highest BCUT2D eigenvalue weighted by Crippen LogP contribution is 2.34. The molecule has 35 heavy (non-hydrogen) atoms. The number of hydrogen-bond donors (Lipinski definition) is 5. The second-order valence-corrected chi connectivity index (χ2v) is 8.41. The van der Waals surface area contributed by atoms with Gasteiger partial charge in [0.2, 0.25) is 11.8 Å². The summed E-state index contributed by atoms with van der Waals surface area (Å²) in [5, 5.41) is 4.21. The monoisotopic (exact) mass is 483 g/mol. The first-order valence-electron chi connectivity index (χ1n) is 11.5. The Hall–Kier alpha value is -3.86. The molecule has 1 fully saturated rings. The number of rotatable bonds is 10. The van der Waals surface area contributed by atoms with Gasteiger partial charge in [-0.15, -0.1) is 0 Å². The molecular formula is C24H33N7O4. The molecule has 1 saturated heterocycles. The number of nitrogen functional groups attached to an aromatic ring is 1. The Labute approximate surface area is 203 Å². The van der Waals surface area contributed by atoms with Gasteiger partial charge in [-0.2, -0.15) is 0 Å². The molecule has 188 valence electrons. The largest absolute Gasteiger partial charge is 0.496 e. The highest BCUT2D eigenvalue weighted by atomic mass is 16.5. The van der Waals surface area contributed by atoms with Crippen LogP contribution in [0.25, 0.3) is 10.8 Å². The molecule has 2 amide bonds. The Morgan fingerprint density at radius 3 is 2.60 bits per heavy atom. The maximum absolute atomic E-state index is 13.8. The van der Waals surface area contributed by atoms with E-state index in [0.717, 1.165) is 5.39 Å². The maximum atomic E-state index is 13.8. The van der Waals surface area contributed by atoms with Gasteiger partial charge in [-0.1, -0.05) is 24.3 Å². The van der Waals surface area contributed by atoms with Crippen LogP contribution in [0.5, 0.6) is 5.75 Å². The first kappa shape index (κ1) is 25.8. The fourth-order valence-electron chi connectivity index (χ4n) is 4.48. The number of aliphatic imine (C=N–C) groups is 1. The zero-order valence-electron chi connectivity index (χ0n) is 19.8. The lowest BCUT2D eigenvalue weighted by molar-refractivity contribution is -0.137. The quantitative estimate of drug-likeness (QED) is 0.103. The molecule has 3 rings (SSSR count). The van der Waals surface area contributed by atoms with Crippen LogP contribution in [-0.2, 0) is 9.59 Å². The Kier molecular flexibility index (Phi) is 8.48. The number of nitrogens with one attached hydrogen (secondary N) is 1. The molecule has 1 aliphatic heterocycles. The van der Waals surface area contributed by atoms with Gasteiger partial charge in [0.1, 0.15) is 11.8 Å². The zero-order chi connectivity index (χ0) is 25.5. The molecule has 0 radical (unpaired) electrons. The molecule has 0 spiro atoms. The van der Waals surface area contributed by atoms with Gasteiger partial charge in [-0.05, 0) is 31.1 Å². The van der Waals surface area contributed by atoms with Gasteiger partial charge in [0, 0.05) is 30.2 Å². The number of guanidine groups is 1. The minimum atomic E-state index is -0.897. The molecule has 2 aromatic carbocycles. The Morgan fingerprint density at radius 1 is 1.23 bits per heavy atom. The number of benzene rings is 2. The highest BCUT2D eigenvalue weighted by Gasteiger charge is 2.36. The van der Waals surface area contributed by atoms with Crippen molar-refractivity contribution in [1.82, 2.24) is 10.2 Å². The maximum Gasteiger partial charge on any atom is 0.243 e. The zero-order valence-corrected chi connectivity index (χ0v) is 19.8. The topological polar surface area (TPSA) is 192 Å². The summed E-state index contributed by atoms with van der Waals surface area (Å²) in [6, 6.07) is 7.30. The van der Waals surface area contributed by atoms with E-state index < -0.39 is 18.0 Å². The smallest absolute Gasteiger partial charge is 0.243 e. The number of ether oxygens (including phenoxy) is 1. The van der Waals surface area contributed by atoms with Crippen LogP contribution in [0, 0.1) is 0 Å². The van der Waals surface area contributed by atoms with E-state index in [9.17, 15) is 14.4 Å². The van der Waals surface area contributed by atoms with Gasteiger partial charge < -0.3 is 37.9 Å². The first-order valence-corrected chi connectivity index (χ1v) is 11.5. The molecule has 2 aromatic rings. The number of nitrogens with two attached hydrogens (primary N) is 4. The summed E-state index contributed by atoms with van der Waals surface area (Å²) < 4.78 is 5.44. The fraction of sp³-hybridized carbons (Fsp3) is 0.417. The van der Waals surface area contributed by atoms with Crippen molar-refractivity contribution in [3.63, 3.8) is 0 Å². The number of ketones is 1. The Bertz CT molecular complexity index is 1130. The van der Waals surface area contributed by atoms with Crippen molar-refractivity contribution in [1.29, 1.82) is 0 Å². The summed E-state index contributed by atoms with van der Waals surface area (Å²) in [6.07, 6.45) is 1.90. The van der Waals surface area contributed by atoms with E-state index in [4.69, 9.17) is 27.7 Å². The summed E-state index contributed by atoms with van der Waals surface area (Å²) in [5.74, 6) is -0.548. The molecule has 0 unspecified atom stereocenters. The summed E-state index contributed by atoms with van der Waals surface area (Å²) in [6.45, 7) is 0.564. The van der Waals surface area contributed by atoms with Gasteiger partial charge in [-0.25, -0.2) is 0 Å². The van der Waals surface area contributed by atoms with E-state index in [1.54, 1.807) is 18.2 Å². The average Bonchev–Trinajstić information content (AvgIpc) is 3.34. The van der Waals surface area contributed by atoms with Crippen LogP contribution in [0.1, 0.15) is 36.0 Å². The minimum absolute atomic E-state index is 0.0517. The van der Waals surface area contributed by atoms with E-state index in [-0.39, 0.29) is 36.3 Å². The van der Waals surface area contributed by atoms with Gasteiger partial charge >= 0.3 is 0 Å². The SMILES string of the molecule is COc1cc(N)c(C(=O)[C@H](CCCN=C(N)N)NC(=O)[C@@H]2CCCN2C(=O)CN)c2ccccc12. The lowest BCUT2D eigenvalue weighted by atomic mass is 9.93. The number of Topliss-reactive ketones (excluding diaryl/α,β-unsaturated/α-hetero) is 1. The number of likely N-dealkylation sites (tertiary alicyclic amines) is 1.